The van der Waals surface area contributed by atoms with E-state index >= 15 is 0 Å². The fraction of sp³-hybridized carbons (Fsp3) is 0.421. The Hall–Kier alpha value is -2.43. The molecule has 24 heavy (non-hydrogen) atoms. The molecule has 1 atom stereocenters. The summed E-state index contributed by atoms with van der Waals surface area (Å²) in [7, 11) is 0. The number of likely N-dealkylation sites (tertiary alicyclic amines) is 1. The molecule has 0 spiro atoms. The third-order valence-corrected chi connectivity index (χ3v) is 4.73. The molecule has 0 aliphatic carbocycles. The third kappa shape index (κ3) is 3.25. The number of benzene rings is 1. The maximum absolute atomic E-state index is 12.5. The van der Waals surface area contributed by atoms with Gasteiger partial charge in [0, 0.05) is 24.2 Å². The van der Waals surface area contributed by atoms with Crippen molar-refractivity contribution in [3.63, 3.8) is 0 Å². The Balaban J connectivity index is 1.73. The van der Waals surface area contributed by atoms with E-state index < -0.39 is 0 Å². The van der Waals surface area contributed by atoms with E-state index in [9.17, 15) is 9.59 Å². The maximum Gasteiger partial charge on any atom is 0.252 e. The number of fused-ring (bicyclic) bond motifs is 1. The number of aromatic nitrogens is 1. The predicted molar refractivity (Wildman–Crippen MR) is 93.9 cm³/mol. The molecule has 1 aliphatic rings. The quantitative estimate of drug-likeness (QED) is 0.939. The minimum absolute atomic E-state index is 0.0139. The molecule has 0 saturated carbocycles. The summed E-state index contributed by atoms with van der Waals surface area (Å²) in [6.45, 7) is 4.96. The fourth-order valence-electron chi connectivity index (χ4n) is 3.27. The molecule has 1 aromatic heterocycles. The van der Waals surface area contributed by atoms with E-state index in [1.54, 1.807) is 12.3 Å². The van der Waals surface area contributed by atoms with E-state index in [4.69, 9.17) is 0 Å². The molecular formula is C19H23N3O2. The van der Waals surface area contributed by atoms with Crippen molar-refractivity contribution < 1.29 is 9.59 Å². The van der Waals surface area contributed by atoms with Gasteiger partial charge in [-0.1, -0.05) is 19.1 Å². The molecule has 0 unspecified atom stereocenters. The number of carbonyl (C=O) groups is 2. The van der Waals surface area contributed by atoms with Crippen LogP contribution in [0.25, 0.3) is 10.9 Å². The second-order valence-corrected chi connectivity index (χ2v) is 6.32. The summed E-state index contributed by atoms with van der Waals surface area (Å²) in [4.78, 5) is 30.9. The molecule has 2 heterocycles. The van der Waals surface area contributed by atoms with E-state index in [2.05, 4.69) is 24.1 Å². The number of rotatable bonds is 4. The molecule has 2 amide bonds. The topological polar surface area (TPSA) is 62.3 Å². The molecule has 3 rings (SSSR count). The molecule has 1 aliphatic heterocycles. The van der Waals surface area contributed by atoms with Gasteiger partial charge in [0.15, 0.2) is 0 Å². The van der Waals surface area contributed by atoms with Crippen LogP contribution in [0.15, 0.2) is 30.5 Å². The molecule has 5 nitrogen and oxygen atoms in total. The Morgan fingerprint density at radius 2 is 2.17 bits per heavy atom. The number of hydrogen-bond donors (Lipinski definition) is 1. The lowest BCUT2D eigenvalue weighted by molar-refractivity contribution is -0.130. The lowest BCUT2D eigenvalue weighted by Gasteiger charge is -2.21. The Labute approximate surface area is 142 Å². The number of hydrogen-bond acceptors (Lipinski definition) is 3. The van der Waals surface area contributed by atoms with Crippen molar-refractivity contribution in [2.75, 3.05) is 13.1 Å². The highest BCUT2D eigenvalue weighted by molar-refractivity contribution is 6.06. The van der Waals surface area contributed by atoms with E-state index in [-0.39, 0.29) is 24.4 Å². The minimum Gasteiger partial charge on any atom is -0.343 e. The summed E-state index contributed by atoms with van der Waals surface area (Å²) in [5.74, 6) is -0.244. The first-order valence-electron chi connectivity index (χ1n) is 8.55. The molecule has 1 N–H and O–H groups in total. The zero-order valence-electron chi connectivity index (χ0n) is 14.2. The van der Waals surface area contributed by atoms with Gasteiger partial charge in [0.1, 0.15) is 0 Å². The number of carbonyl (C=O) groups excluding carboxylic acids is 2. The van der Waals surface area contributed by atoms with E-state index in [0.29, 0.717) is 5.56 Å². The van der Waals surface area contributed by atoms with Gasteiger partial charge in [-0.15, -0.1) is 0 Å². The predicted octanol–water partition coefficient (Wildman–Crippen LogP) is 2.54. The van der Waals surface area contributed by atoms with Crippen LogP contribution in [-0.4, -0.2) is 40.8 Å². The fourth-order valence-corrected chi connectivity index (χ4v) is 3.27. The van der Waals surface area contributed by atoms with Crippen molar-refractivity contribution in [2.45, 2.75) is 39.2 Å². The highest BCUT2D eigenvalue weighted by Gasteiger charge is 2.25. The Kier molecular flexibility index (Phi) is 4.79. The van der Waals surface area contributed by atoms with Crippen molar-refractivity contribution in [1.29, 1.82) is 0 Å². The van der Waals surface area contributed by atoms with Gasteiger partial charge in [-0.2, -0.15) is 0 Å². The third-order valence-electron chi connectivity index (χ3n) is 4.73. The number of nitrogens with zero attached hydrogens (tertiary/aromatic N) is 2. The Morgan fingerprint density at radius 3 is 2.88 bits per heavy atom. The van der Waals surface area contributed by atoms with Gasteiger partial charge >= 0.3 is 0 Å². The second-order valence-electron chi connectivity index (χ2n) is 6.32. The summed E-state index contributed by atoms with van der Waals surface area (Å²) in [5.41, 5.74) is 2.55. The van der Waals surface area contributed by atoms with E-state index in [1.165, 1.54) is 5.56 Å². The SMILES string of the molecule is CCc1ccc2c(C(=O)NCC(=O)N3CCC[C@H]3C)ccnc2c1. The summed E-state index contributed by atoms with van der Waals surface area (Å²) in [6.07, 6.45) is 4.64. The van der Waals surface area contributed by atoms with Gasteiger partial charge < -0.3 is 10.2 Å². The van der Waals surface area contributed by atoms with E-state index in [1.807, 2.05) is 23.1 Å². The summed E-state index contributed by atoms with van der Waals surface area (Å²) in [6, 6.07) is 7.91. The first-order valence-corrected chi connectivity index (χ1v) is 8.55. The minimum atomic E-state index is -0.230. The van der Waals surface area contributed by atoms with Gasteiger partial charge in [-0.3, -0.25) is 14.6 Å². The van der Waals surface area contributed by atoms with Crippen LogP contribution in [0.1, 0.15) is 42.6 Å². The average molecular weight is 325 g/mol. The molecule has 2 aromatic rings. The summed E-state index contributed by atoms with van der Waals surface area (Å²) < 4.78 is 0. The molecule has 0 radical (unpaired) electrons. The first-order chi connectivity index (χ1) is 11.6. The van der Waals surface area contributed by atoms with Crippen LogP contribution in [0.3, 0.4) is 0 Å². The van der Waals surface area contributed by atoms with Gasteiger partial charge in [0.2, 0.25) is 5.91 Å². The van der Waals surface area contributed by atoms with Crippen molar-refractivity contribution in [3.05, 3.63) is 41.6 Å². The molecule has 126 valence electrons. The van der Waals surface area contributed by atoms with Crippen LogP contribution < -0.4 is 5.32 Å². The zero-order valence-corrected chi connectivity index (χ0v) is 14.2. The average Bonchev–Trinajstić information content (AvgIpc) is 3.04. The normalized spacial score (nSPS) is 17.2. The van der Waals surface area contributed by atoms with Crippen LogP contribution in [0.5, 0.6) is 0 Å². The lowest BCUT2D eigenvalue weighted by Crippen LogP contribution is -2.41. The molecule has 1 aromatic carbocycles. The van der Waals surface area contributed by atoms with Crippen molar-refractivity contribution in [3.8, 4) is 0 Å². The number of aryl methyl sites for hydroxylation is 1. The Morgan fingerprint density at radius 1 is 1.33 bits per heavy atom. The number of amides is 2. The van der Waals surface area contributed by atoms with Gasteiger partial charge in [-0.25, -0.2) is 0 Å². The first kappa shape index (κ1) is 16.4. The summed E-state index contributed by atoms with van der Waals surface area (Å²) >= 11 is 0. The molecular weight excluding hydrogens is 302 g/mol. The lowest BCUT2D eigenvalue weighted by atomic mass is 10.0. The summed E-state index contributed by atoms with van der Waals surface area (Å²) in [5, 5.41) is 3.57. The van der Waals surface area contributed by atoms with Crippen molar-refractivity contribution >= 4 is 22.7 Å². The monoisotopic (exact) mass is 325 g/mol. The van der Waals surface area contributed by atoms with Gasteiger partial charge in [-0.05, 0) is 43.9 Å². The highest BCUT2D eigenvalue weighted by Crippen LogP contribution is 2.19. The largest absolute Gasteiger partial charge is 0.343 e. The standard InChI is InChI=1S/C19H23N3O2/c1-3-14-6-7-15-16(8-9-20-17(15)11-14)19(24)21-12-18(23)22-10-4-5-13(22)2/h6-9,11,13H,3-5,10,12H2,1-2H3,(H,21,24)/t13-/m1/s1. The number of pyridine rings is 1. The van der Waals surface area contributed by atoms with Crippen LogP contribution in [0.4, 0.5) is 0 Å². The number of nitrogens with one attached hydrogen (secondary N) is 1. The molecule has 1 fully saturated rings. The van der Waals surface area contributed by atoms with Gasteiger partial charge in [0.25, 0.3) is 5.91 Å². The van der Waals surface area contributed by atoms with E-state index in [0.717, 1.165) is 36.7 Å². The Bertz CT molecular complexity index is 772. The van der Waals surface area contributed by atoms with Crippen LogP contribution in [-0.2, 0) is 11.2 Å². The van der Waals surface area contributed by atoms with Crippen molar-refractivity contribution in [2.24, 2.45) is 0 Å². The molecule has 0 bridgehead atoms. The molecule has 5 heteroatoms. The van der Waals surface area contributed by atoms with Crippen LogP contribution in [0, 0.1) is 0 Å². The van der Waals surface area contributed by atoms with Crippen LogP contribution in [0.2, 0.25) is 0 Å². The smallest absolute Gasteiger partial charge is 0.252 e. The second kappa shape index (κ2) is 6.99. The maximum atomic E-state index is 12.5. The van der Waals surface area contributed by atoms with Crippen LogP contribution >= 0.6 is 0 Å². The zero-order chi connectivity index (χ0) is 17.1. The van der Waals surface area contributed by atoms with Crippen molar-refractivity contribution in [1.82, 2.24) is 15.2 Å². The molecule has 1 saturated heterocycles. The van der Waals surface area contributed by atoms with Gasteiger partial charge in [0.05, 0.1) is 17.6 Å². The highest BCUT2D eigenvalue weighted by atomic mass is 16.2.